The van der Waals surface area contributed by atoms with E-state index in [4.69, 9.17) is 11.6 Å². The molecule has 0 aromatic heterocycles. The first-order valence-electron chi connectivity index (χ1n) is 9.75. The third kappa shape index (κ3) is 5.11. The molecule has 162 valence electrons. The minimum Gasteiger partial charge on any atom is -0.339 e. The molecule has 2 aliphatic heterocycles. The Labute approximate surface area is 187 Å². The number of carbonyl (C=O) groups is 3. The fourth-order valence-corrected chi connectivity index (χ4v) is 4.69. The number of nitrogens with zero attached hydrogens (tertiary/aromatic N) is 2. The van der Waals surface area contributed by atoms with E-state index in [1.807, 2.05) is 6.07 Å². The van der Waals surface area contributed by atoms with Crippen molar-refractivity contribution in [1.82, 2.24) is 9.80 Å². The van der Waals surface area contributed by atoms with E-state index >= 15 is 0 Å². The van der Waals surface area contributed by atoms with Crippen molar-refractivity contribution in [1.29, 1.82) is 0 Å². The van der Waals surface area contributed by atoms with Crippen molar-refractivity contribution in [2.45, 2.75) is 16.6 Å². The molecule has 2 heterocycles. The zero-order valence-corrected chi connectivity index (χ0v) is 18.0. The molecule has 0 saturated carbocycles. The van der Waals surface area contributed by atoms with Gasteiger partial charge in [0.25, 0.3) is 0 Å². The van der Waals surface area contributed by atoms with Crippen LogP contribution in [0.2, 0.25) is 5.02 Å². The number of urea groups is 1. The van der Waals surface area contributed by atoms with Crippen LogP contribution in [0.5, 0.6) is 0 Å². The summed E-state index contributed by atoms with van der Waals surface area (Å²) in [5.74, 6) is -0.712. The Bertz CT molecular complexity index is 1010. The van der Waals surface area contributed by atoms with E-state index in [1.54, 1.807) is 21.9 Å². The molecular formula is C21H20ClFN4O3S. The molecule has 2 N–H and O–H groups in total. The first-order valence-corrected chi connectivity index (χ1v) is 11.0. The van der Waals surface area contributed by atoms with E-state index in [9.17, 15) is 18.8 Å². The second-order valence-electron chi connectivity index (χ2n) is 7.25. The molecule has 10 heteroatoms. The maximum absolute atomic E-state index is 13.0. The fraction of sp³-hybridized carbons (Fsp3) is 0.286. The van der Waals surface area contributed by atoms with Gasteiger partial charge in [-0.2, -0.15) is 0 Å². The van der Waals surface area contributed by atoms with Gasteiger partial charge < -0.3 is 20.4 Å². The summed E-state index contributed by atoms with van der Waals surface area (Å²) in [6.45, 7) is 1.54. The van der Waals surface area contributed by atoms with Crippen LogP contribution in [0.25, 0.3) is 0 Å². The summed E-state index contributed by atoms with van der Waals surface area (Å²) in [6, 6.07) is 10.5. The highest BCUT2D eigenvalue weighted by molar-refractivity contribution is 8.01. The van der Waals surface area contributed by atoms with Crippen molar-refractivity contribution in [3.63, 3.8) is 0 Å². The van der Waals surface area contributed by atoms with Gasteiger partial charge in [-0.05, 0) is 42.5 Å². The number of nitrogens with one attached hydrogen (secondary N) is 2. The number of benzene rings is 2. The van der Waals surface area contributed by atoms with E-state index in [0.29, 0.717) is 42.6 Å². The van der Waals surface area contributed by atoms with E-state index in [0.717, 1.165) is 4.90 Å². The molecule has 1 saturated heterocycles. The Hall–Kier alpha value is -2.78. The lowest BCUT2D eigenvalue weighted by Crippen LogP contribution is -2.52. The average molecular weight is 463 g/mol. The Balaban J connectivity index is 1.28. The lowest BCUT2D eigenvalue weighted by molar-refractivity contribution is -0.133. The predicted molar refractivity (Wildman–Crippen MR) is 118 cm³/mol. The zero-order valence-electron chi connectivity index (χ0n) is 16.4. The van der Waals surface area contributed by atoms with Gasteiger partial charge in [-0.25, -0.2) is 9.18 Å². The number of hydrogen-bond acceptors (Lipinski definition) is 4. The van der Waals surface area contributed by atoms with Gasteiger partial charge >= 0.3 is 6.03 Å². The van der Waals surface area contributed by atoms with Crippen molar-refractivity contribution in [2.24, 2.45) is 0 Å². The Morgan fingerprint density at radius 3 is 2.48 bits per heavy atom. The topological polar surface area (TPSA) is 81.8 Å². The van der Waals surface area contributed by atoms with Gasteiger partial charge in [0.2, 0.25) is 11.8 Å². The van der Waals surface area contributed by atoms with Crippen LogP contribution in [0.3, 0.4) is 0 Å². The van der Waals surface area contributed by atoms with Crippen molar-refractivity contribution in [2.75, 3.05) is 36.8 Å². The van der Waals surface area contributed by atoms with Crippen LogP contribution in [-0.2, 0) is 9.59 Å². The van der Waals surface area contributed by atoms with Gasteiger partial charge in [-0.3, -0.25) is 9.59 Å². The summed E-state index contributed by atoms with van der Waals surface area (Å²) < 4.78 is 13.0. The number of thioether (sulfide) groups is 1. The van der Waals surface area contributed by atoms with Crippen molar-refractivity contribution in [3.8, 4) is 0 Å². The molecule has 1 fully saturated rings. The first kappa shape index (κ1) is 21.5. The number of fused-ring (bicyclic) bond motifs is 1. The summed E-state index contributed by atoms with van der Waals surface area (Å²) in [5.41, 5.74) is 1.17. The van der Waals surface area contributed by atoms with Crippen LogP contribution in [0.1, 0.15) is 6.42 Å². The van der Waals surface area contributed by atoms with Gasteiger partial charge in [0.1, 0.15) is 5.82 Å². The molecule has 0 bridgehead atoms. The molecule has 1 unspecified atom stereocenters. The Morgan fingerprint density at radius 1 is 1.10 bits per heavy atom. The highest BCUT2D eigenvalue weighted by atomic mass is 35.5. The summed E-state index contributed by atoms with van der Waals surface area (Å²) in [4.78, 5) is 41.7. The molecule has 4 amide bonds. The second kappa shape index (κ2) is 9.15. The van der Waals surface area contributed by atoms with Crippen LogP contribution in [0.15, 0.2) is 47.4 Å². The summed E-state index contributed by atoms with van der Waals surface area (Å²) in [7, 11) is 0. The zero-order chi connectivity index (χ0) is 22.0. The predicted octanol–water partition coefficient (Wildman–Crippen LogP) is 3.66. The van der Waals surface area contributed by atoms with Crippen LogP contribution in [0.4, 0.5) is 20.6 Å². The van der Waals surface area contributed by atoms with Crippen LogP contribution in [-0.4, -0.2) is 59.1 Å². The fourth-order valence-electron chi connectivity index (χ4n) is 3.44. The minimum absolute atomic E-state index is 0.0837. The van der Waals surface area contributed by atoms with E-state index in [2.05, 4.69) is 10.6 Å². The van der Waals surface area contributed by atoms with Gasteiger partial charge in [-0.1, -0.05) is 11.6 Å². The third-order valence-corrected chi connectivity index (χ3v) is 6.65. The first-order chi connectivity index (χ1) is 14.9. The average Bonchev–Trinajstić information content (AvgIpc) is 2.76. The number of piperazine rings is 1. The SMILES string of the molecule is O=C1Nc2cc(Cl)ccc2SC1CC(=O)N1CCN(C(=O)Nc2ccc(F)cc2)CC1. The Kier molecular flexibility index (Phi) is 6.33. The monoisotopic (exact) mass is 462 g/mol. The van der Waals surface area contributed by atoms with Gasteiger partial charge in [0, 0.05) is 48.2 Å². The van der Waals surface area contributed by atoms with E-state index in [-0.39, 0.29) is 30.1 Å². The third-order valence-electron chi connectivity index (χ3n) is 5.14. The summed E-state index contributed by atoms with van der Waals surface area (Å²) in [5, 5.41) is 5.55. The summed E-state index contributed by atoms with van der Waals surface area (Å²) >= 11 is 7.32. The largest absolute Gasteiger partial charge is 0.339 e. The molecule has 0 radical (unpaired) electrons. The molecule has 7 nitrogen and oxygen atoms in total. The number of carbonyl (C=O) groups excluding carboxylic acids is 3. The highest BCUT2D eigenvalue weighted by Crippen LogP contribution is 2.38. The molecule has 2 aromatic rings. The Morgan fingerprint density at radius 2 is 1.77 bits per heavy atom. The quantitative estimate of drug-likeness (QED) is 0.729. The van der Waals surface area contributed by atoms with E-state index in [1.165, 1.54) is 36.0 Å². The van der Waals surface area contributed by atoms with Gasteiger partial charge in [-0.15, -0.1) is 11.8 Å². The molecule has 2 aromatic carbocycles. The van der Waals surface area contributed by atoms with Gasteiger partial charge in [0.05, 0.1) is 10.9 Å². The number of rotatable bonds is 3. The van der Waals surface area contributed by atoms with Crippen molar-refractivity contribution in [3.05, 3.63) is 53.3 Å². The molecule has 1 atom stereocenters. The molecule has 31 heavy (non-hydrogen) atoms. The van der Waals surface area contributed by atoms with Crippen molar-refractivity contribution < 1.29 is 18.8 Å². The normalized spacial score (nSPS) is 18.3. The smallest absolute Gasteiger partial charge is 0.321 e. The van der Waals surface area contributed by atoms with E-state index < -0.39 is 5.25 Å². The lowest BCUT2D eigenvalue weighted by atomic mass is 10.2. The molecule has 0 aliphatic carbocycles. The molecule has 4 rings (SSSR count). The second-order valence-corrected chi connectivity index (χ2v) is 8.93. The van der Waals surface area contributed by atoms with Crippen molar-refractivity contribution >= 4 is 52.6 Å². The number of hydrogen-bond donors (Lipinski definition) is 2. The van der Waals surface area contributed by atoms with Crippen LogP contribution >= 0.6 is 23.4 Å². The minimum atomic E-state index is -0.513. The maximum Gasteiger partial charge on any atom is 0.321 e. The summed E-state index contributed by atoms with van der Waals surface area (Å²) in [6.07, 6.45) is 0.0837. The highest BCUT2D eigenvalue weighted by Gasteiger charge is 2.32. The number of amides is 4. The molecule has 2 aliphatic rings. The lowest BCUT2D eigenvalue weighted by Gasteiger charge is -2.35. The number of anilines is 2. The van der Waals surface area contributed by atoms with Crippen LogP contribution < -0.4 is 10.6 Å². The number of halogens is 2. The molecule has 0 spiro atoms. The molecular weight excluding hydrogens is 443 g/mol. The van der Waals surface area contributed by atoms with Crippen LogP contribution in [0, 0.1) is 5.82 Å². The standard InChI is InChI=1S/C21H20ClFN4O3S/c22-13-1-6-17-16(11-13)25-20(29)18(31-17)12-19(28)26-7-9-27(10-8-26)21(30)24-15-4-2-14(23)3-5-15/h1-6,11,18H,7-10,12H2,(H,24,30)(H,25,29). The van der Waals surface area contributed by atoms with Gasteiger partial charge in [0.15, 0.2) is 0 Å². The maximum atomic E-state index is 13.0.